The molecule has 0 radical (unpaired) electrons. The van der Waals surface area contributed by atoms with Gasteiger partial charge in [-0.3, -0.25) is 9.59 Å². The predicted molar refractivity (Wildman–Crippen MR) is 52.6 cm³/mol. The van der Waals surface area contributed by atoms with E-state index in [-0.39, 0.29) is 31.7 Å². The molecule has 0 unspecified atom stereocenters. The molecular weight excluding hydrogens is 258 g/mol. The Kier molecular flexibility index (Phi) is 5.06. The van der Waals surface area contributed by atoms with E-state index in [9.17, 15) is 27.2 Å². The molecule has 1 saturated heterocycles. The lowest BCUT2D eigenvalue weighted by Gasteiger charge is -2.26. The average Bonchev–Trinajstić information content (AvgIpc) is 2.29. The van der Waals surface area contributed by atoms with Gasteiger partial charge in [-0.1, -0.05) is 0 Å². The lowest BCUT2D eigenvalue weighted by atomic mass is 10.1. The maximum Gasteiger partial charge on any atom is 0.330 e. The minimum absolute atomic E-state index is 0.0317. The fourth-order valence-corrected chi connectivity index (χ4v) is 1.43. The van der Waals surface area contributed by atoms with E-state index in [0.29, 0.717) is 0 Å². The molecule has 0 aliphatic carbocycles. The number of ketones is 1. The molecule has 0 aromatic carbocycles. The van der Waals surface area contributed by atoms with Gasteiger partial charge < -0.3 is 9.64 Å². The molecule has 0 spiro atoms. The molecule has 8 heteroatoms. The van der Waals surface area contributed by atoms with E-state index in [2.05, 4.69) is 4.74 Å². The van der Waals surface area contributed by atoms with Crippen molar-refractivity contribution in [2.45, 2.75) is 25.2 Å². The molecular formula is C10H13F4NO3. The second-order valence-electron chi connectivity index (χ2n) is 3.97. The number of carbonyl (C=O) groups excluding carboxylic acids is 2. The van der Waals surface area contributed by atoms with Gasteiger partial charge in [-0.25, -0.2) is 8.78 Å². The molecule has 1 heterocycles. The second-order valence-corrected chi connectivity index (χ2v) is 3.97. The Hall–Kier alpha value is -1.18. The van der Waals surface area contributed by atoms with E-state index >= 15 is 0 Å². The van der Waals surface area contributed by atoms with Gasteiger partial charge in [-0.2, -0.15) is 8.78 Å². The summed E-state index contributed by atoms with van der Waals surface area (Å²) in [4.78, 5) is 23.6. The van der Waals surface area contributed by atoms with Gasteiger partial charge in [0.05, 0.1) is 0 Å². The molecule has 1 fully saturated rings. The van der Waals surface area contributed by atoms with E-state index in [1.54, 1.807) is 0 Å². The van der Waals surface area contributed by atoms with Crippen molar-refractivity contribution in [3.05, 3.63) is 0 Å². The fraction of sp³-hybridized carbons (Fsp3) is 0.800. The number of Topliss-reactive ketones (excluding diaryl/α,β-unsaturated/α-hetero) is 1. The average molecular weight is 271 g/mol. The third kappa shape index (κ3) is 4.25. The van der Waals surface area contributed by atoms with Crippen molar-refractivity contribution in [1.82, 2.24) is 4.90 Å². The second kappa shape index (κ2) is 6.12. The first kappa shape index (κ1) is 14.9. The van der Waals surface area contributed by atoms with Crippen LogP contribution in [0.15, 0.2) is 0 Å². The fourth-order valence-electron chi connectivity index (χ4n) is 1.43. The first-order valence-corrected chi connectivity index (χ1v) is 5.36. The highest BCUT2D eigenvalue weighted by Gasteiger charge is 2.41. The standard InChI is InChI=1S/C10H13F4NO3/c11-9(12)10(13,14)6-18-5-8(17)15-3-1-7(16)2-4-15/h9H,1-6H2. The SMILES string of the molecule is O=C1CCN(C(=O)COCC(F)(F)C(F)F)CC1. The molecule has 0 aromatic heterocycles. The third-order valence-corrected chi connectivity index (χ3v) is 2.51. The van der Waals surface area contributed by atoms with Crippen molar-refractivity contribution >= 4 is 11.7 Å². The Balaban J connectivity index is 2.27. The quantitative estimate of drug-likeness (QED) is 0.703. The van der Waals surface area contributed by atoms with E-state index in [0.717, 1.165) is 0 Å². The molecule has 1 amide bonds. The molecule has 1 aliphatic heterocycles. The summed E-state index contributed by atoms with van der Waals surface area (Å²) in [7, 11) is 0. The van der Waals surface area contributed by atoms with E-state index < -0.39 is 31.5 Å². The molecule has 0 aromatic rings. The summed E-state index contributed by atoms with van der Waals surface area (Å²) >= 11 is 0. The van der Waals surface area contributed by atoms with Crippen LogP contribution in [0.1, 0.15) is 12.8 Å². The van der Waals surface area contributed by atoms with Crippen LogP contribution in [0.4, 0.5) is 17.6 Å². The smallest absolute Gasteiger partial charge is 0.330 e. The van der Waals surface area contributed by atoms with Gasteiger partial charge in [-0.15, -0.1) is 0 Å². The molecule has 0 N–H and O–H groups in total. The molecule has 4 nitrogen and oxygen atoms in total. The van der Waals surface area contributed by atoms with Crippen molar-refractivity contribution in [3.8, 4) is 0 Å². The van der Waals surface area contributed by atoms with Crippen LogP contribution >= 0.6 is 0 Å². The maximum absolute atomic E-state index is 12.4. The number of nitrogens with zero attached hydrogens (tertiary/aromatic N) is 1. The third-order valence-electron chi connectivity index (χ3n) is 2.51. The summed E-state index contributed by atoms with van der Waals surface area (Å²) in [6.45, 7) is -1.75. The summed E-state index contributed by atoms with van der Waals surface area (Å²) in [5.74, 6) is -4.80. The number of rotatable bonds is 5. The van der Waals surface area contributed by atoms with Gasteiger partial charge in [-0.05, 0) is 0 Å². The Morgan fingerprint density at radius 1 is 1.33 bits per heavy atom. The predicted octanol–water partition coefficient (Wildman–Crippen LogP) is 1.09. The number of amides is 1. The summed E-state index contributed by atoms with van der Waals surface area (Å²) in [6, 6.07) is 0. The molecule has 0 atom stereocenters. The number of halogens is 4. The Bertz CT molecular complexity index is 312. The van der Waals surface area contributed by atoms with Crippen LogP contribution in [0.25, 0.3) is 0 Å². The number of hydrogen-bond donors (Lipinski definition) is 0. The number of hydrogen-bond acceptors (Lipinski definition) is 3. The van der Waals surface area contributed by atoms with Crippen molar-refractivity contribution in [3.63, 3.8) is 0 Å². The minimum atomic E-state index is -4.25. The maximum atomic E-state index is 12.4. The van der Waals surface area contributed by atoms with Crippen LogP contribution in [-0.4, -0.2) is 55.2 Å². The Labute approximate surface area is 101 Å². The van der Waals surface area contributed by atoms with E-state index in [1.807, 2.05) is 0 Å². The molecule has 0 saturated carbocycles. The summed E-state index contributed by atoms with van der Waals surface area (Å²) < 4.78 is 52.7. The lowest BCUT2D eigenvalue weighted by Crippen LogP contribution is -2.41. The molecule has 1 aliphatic rings. The zero-order valence-corrected chi connectivity index (χ0v) is 9.50. The Morgan fingerprint density at radius 2 is 1.89 bits per heavy atom. The minimum Gasteiger partial charge on any atom is -0.365 e. The normalized spacial score (nSPS) is 17.4. The van der Waals surface area contributed by atoms with Crippen LogP contribution in [0.2, 0.25) is 0 Å². The highest BCUT2D eigenvalue weighted by molar-refractivity contribution is 5.83. The van der Waals surface area contributed by atoms with E-state index in [4.69, 9.17) is 0 Å². The van der Waals surface area contributed by atoms with Crippen molar-refractivity contribution in [1.29, 1.82) is 0 Å². The number of alkyl halides is 4. The monoisotopic (exact) mass is 271 g/mol. The van der Waals surface area contributed by atoms with Gasteiger partial charge in [0, 0.05) is 25.9 Å². The summed E-state index contributed by atoms with van der Waals surface area (Å²) in [6.07, 6.45) is -3.38. The van der Waals surface area contributed by atoms with Crippen molar-refractivity contribution in [2.24, 2.45) is 0 Å². The van der Waals surface area contributed by atoms with Crippen molar-refractivity contribution < 1.29 is 31.9 Å². The van der Waals surface area contributed by atoms with Gasteiger partial charge in [0.15, 0.2) is 0 Å². The summed E-state index contributed by atoms with van der Waals surface area (Å²) in [5.41, 5.74) is 0. The molecule has 0 bridgehead atoms. The number of ether oxygens (including phenoxy) is 1. The first-order chi connectivity index (χ1) is 8.33. The Morgan fingerprint density at radius 3 is 2.39 bits per heavy atom. The largest absolute Gasteiger partial charge is 0.365 e. The summed E-state index contributed by atoms with van der Waals surface area (Å²) in [5, 5.41) is 0. The van der Waals surface area contributed by atoms with Crippen molar-refractivity contribution in [2.75, 3.05) is 26.3 Å². The van der Waals surface area contributed by atoms with Crippen LogP contribution in [-0.2, 0) is 14.3 Å². The van der Waals surface area contributed by atoms with E-state index in [1.165, 1.54) is 4.90 Å². The highest BCUT2D eigenvalue weighted by atomic mass is 19.3. The van der Waals surface area contributed by atoms with Gasteiger partial charge in [0.25, 0.3) is 0 Å². The topological polar surface area (TPSA) is 46.6 Å². The zero-order chi connectivity index (χ0) is 13.8. The molecule has 1 rings (SSSR count). The first-order valence-electron chi connectivity index (χ1n) is 5.36. The molecule has 18 heavy (non-hydrogen) atoms. The van der Waals surface area contributed by atoms with Crippen LogP contribution in [0, 0.1) is 0 Å². The van der Waals surface area contributed by atoms with Gasteiger partial charge in [0.2, 0.25) is 5.91 Å². The van der Waals surface area contributed by atoms with Gasteiger partial charge >= 0.3 is 12.3 Å². The number of piperidine rings is 1. The molecule has 104 valence electrons. The zero-order valence-electron chi connectivity index (χ0n) is 9.50. The van der Waals surface area contributed by atoms with Crippen LogP contribution in [0.5, 0.6) is 0 Å². The van der Waals surface area contributed by atoms with Crippen LogP contribution in [0.3, 0.4) is 0 Å². The lowest BCUT2D eigenvalue weighted by molar-refractivity contribution is -0.171. The highest BCUT2D eigenvalue weighted by Crippen LogP contribution is 2.22. The van der Waals surface area contributed by atoms with Gasteiger partial charge in [0.1, 0.15) is 19.0 Å². The number of carbonyl (C=O) groups is 2. The number of likely N-dealkylation sites (tertiary alicyclic amines) is 1. The van der Waals surface area contributed by atoms with Crippen LogP contribution < -0.4 is 0 Å².